The van der Waals surface area contributed by atoms with Crippen LogP contribution in [0.3, 0.4) is 0 Å². The zero-order valence-corrected chi connectivity index (χ0v) is 10.8. The summed E-state index contributed by atoms with van der Waals surface area (Å²) in [5.74, 6) is -1.64. The molecule has 1 atom stereocenters. The molecule has 0 saturated carbocycles. The molecule has 0 saturated heterocycles. The van der Waals surface area contributed by atoms with Crippen LogP contribution in [-0.2, 0) is 33.4 Å². The zero-order chi connectivity index (χ0) is 13.5. The molecule has 1 unspecified atom stereocenters. The lowest BCUT2D eigenvalue weighted by molar-refractivity contribution is -0.157. The Balaban J connectivity index is 4.62. The van der Waals surface area contributed by atoms with Gasteiger partial charge in [0.1, 0.15) is 0 Å². The fourth-order valence-corrected chi connectivity index (χ4v) is 1.54. The van der Waals surface area contributed by atoms with E-state index in [4.69, 9.17) is 0 Å². The Morgan fingerprint density at radius 3 is 2.06 bits per heavy atom. The molecule has 17 heavy (non-hydrogen) atoms. The number of carbonyl (C=O) groups is 2. The number of ether oxygens (including phenoxy) is 2. The van der Waals surface area contributed by atoms with Gasteiger partial charge < -0.3 is 9.47 Å². The highest BCUT2D eigenvalue weighted by Crippen LogP contribution is 2.07. The van der Waals surface area contributed by atoms with E-state index in [-0.39, 0.29) is 13.2 Å². The summed E-state index contributed by atoms with van der Waals surface area (Å²) >= 11 is 0. The van der Waals surface area contributed by atoms with Crippen LogP contribution in [0.1, 0.15) is 20.3 Å². The number of esters is 2. The average molecular weight is 268 g/mol. The van der Waals surface area contributed by atoms with E-state index >= 15 is 0 Å². The first kappa shape index (κ1) is 15.9. The Labute approximate surface area is 100 Å². The lowest BCUT2D eigenvalue weighted by Gasteiger charge is -2.13. The van der Waals surface area contributed by atoms with Crippen LogP contribution in [0.2, 0.25) is 0 Å². The van der Waals surface area contributed by atoms with Gasteiger partial charge in [0, 0.05) is 0 Å². The molecule has 0 rings (SSSR count). The van der Waals surface area contributed by atoms with Gasteiger partial charge in [0.05, 0.1) is 25.9 Å². The van der Waals surface area contributed by atoms with Crippen molar-refractivity contribution in [3.05, 3.63) is 0 Å². The summed E-state index contributed by atoms with van der Waals surface area (Å²) in [6.45, 7) is 3.34. The van der Waals surface area contributed by atoms with Crippen LogP contribution in [0, 0.1) is 0 Å². The molecule has 0 fully saturated rings. The highest BCUT2D eigenvalue weighted by Gasteiger charge is 2.28. The van der Waals surface area contributed by atoms with Crippen LogP contribution >= 0.6 is 0 Å². The highest BCUT2D eigenvalue weighted by molar-refractivity contribution is 7.86. The molecule has 0 aliphatic rings. The Hall–Kier alpha value is -1.15. The summed E-state index contributed by atoms with van der Waals surface area (Å²) < 4.78 is 35.5. The maximum Gasteiger partial charge on any atom is 0.337 e. The van der Waals surface area contributed by atoms with Crippen molar-refractivity contribution in [3.8, 4) is 0 Å². The van der Waals surface area contributed by atoms with Crippen molar-refractivity contribution in [1.29, 1.82) is 0 Å². The summed E-state index contributed by atoms with van der Waals surface area (Å²) in [7, 11) is -3.86. The first-order valence-corrected chi connectivity index (χ1v) is 6.82. The predicted molar refractivity (Wildman–Crippen MR) is 57.6 cm³/mol. The summed E-state index contributed by atoms with van der Waals surface area (Å²) in [4.78, 5) is 22.5. The summed E-state index contributed by atoms with van der Waals surface area (Å²) in [5.41, 5.74) is 0. The number of hydrogen-bond donors (Lipinski definition) is 0. The van der Waals surface area contributed by atoms with Gasteiger partial charge in [0.15, 0.2) is 6.10 Å². The lowest BCUT2D eigenvalue weighted by atomic mass is 10.2. The predicted octanol–water partition coefficient (Wildman–Crippen LogP) is -0.152. The van der Waals surface area contributed by atoms with Gasteiger partial charge in [0.25, 0.3) is 10.1 Å². The monoisotopic (exact) mass is 268 g/mol. The standard InChI is InChI=1S/C9H16O7S/c1-4-14-8(10)6-7(9(11)15-5-2)16-17(3,12)13/h7H,4-6H2,1-3H3. The van der Waals surface area contributed by atoms with Crippen LogP contribution in [0.4, 0.5) is 0 Å². The Kier molecular flexibility index (Phi) is 6.74. The molecule has 0 aliphatic heterocycles. The van der Waals surface area contributed by atoms with E-state index < -0.39 is 34.6 Å². The molecular weight excluding hydrogens is 252 g/mol. The van der Waals surface area contributed by atoms with Gasteiger partial charge in [-0.2, -0.15) is 8.42 Å². The SMILES string of the molecule is CCOC(=O)CC(OS(C)(=O)=O)C(=O)OCC. The summed E-state index contributed by atoms with van der Waals surface area (Å²) in [6.07, 6.45) is -1.21. The van der Waals surface area contributed by atoms with Crippen molar-refractivity contribution < 1.29 is 31.7 Å². The molecule has 0 aliphatic carbocycles. The van der Waals surface area contributed by atoms with Crippen molar-refractivity contribution in [2.75, 3.05) is 19.5 Å². The van der Waals surface area contributed by atoms with Crippen LogP contribution in [0.25, 0.3) is 0 Å². The van der Waals surface area contributed by atoms with Gasteiger partial charge in [-0.25, -0.2) is 4.79 Å². The van der Waals surface area contributed by atoms with E-state index in [2.05, 4.69) is 13.7 Å². The normalized spacial score (nSPS) is 12.9. The second-order valence-corrected chi connectivity index (χ2v) is 4.65. The van der Waals surface area contributed by atoms with E-state index in [1.807, 2.05) is 0 Å². The van der Waals surface area contributed by atoms with Crippen LogP contribution < -0.4 is 0 Å². The molecule has 0 N–H and O–H groups in total. The van der Waals surface area contributed by atoms with Crippen molar-refractivity contribution in [2.24, 2.45) is 0 Å². The highest BCUT2D eigenvalue weighted by atomic mass is 32.2. The molecular formula is C9H16O7S. The van der Waals surface area contributed by atoms with Gasteiger partial charge in [0.2, 0.25) is 0 Å². The number of hydrogen-bond acceptors (Lipinski definition) is 7. The Bertz CT molecular complexity index is 360. The first-order chi connectivity index (χ1) is 7.80. The third kappa shape index (κ3) is 7.70. The van der Waals surface area contributed by atoms with Crippen LogP contribution in [0.15, 0.2) is 0 Å². The van der Waals surface area contributed by atoms with Gasteiger partial charge in [-0.05, 0) is 13.8 Å². The van der Waals surface area contributed by atoms with Crippen molar-refractivity contribution in [3.63, 3.8) is 0 Å². The summed E-state index contributed by atoms with van der Waals surface area (Å²) in [6, 6.07) is 0. The minimum absolute atomic E-state index is 0.0608. The van der Waals surface area contributed by atoms with Crippen molar-refractivity contribution in [1.82, 2.24) is 0 Å². The molecule has 0 radical (unpaired) electrons. The third-order valence-electron chi connectivity index (χ3n) is 1.50. The first-order valence-electron chi connectivity index (χ1n) is 5.00. The summed E-state index contributed by atoms with van der Waals surface area (Å²) in [5, 5.41) is 0. The fourth-order valence-electron chi connectivity index (χ4n) is 0.974. The molecule has 100 valence electrons. The van der Waals surface area contributed by atoms with Gasteiger partial charge in [-0.15, -0.1) is 0 Å². The zero-order valence-electron chi connectivity index (χ0n) is 9.96. The van der Waals surface area contributed by atoms with E-state index in [0.717, 1.165) is 6.26 Å². The second-order valence-electron chi connectivity index (χ2n) is 3.05. The van der Waals surface area contributed by atoms with E-state index in [9.17, 15) is 18.0 Å². The smallest absolute Gasteiger partial charge is 0.337 e. The molecule has 7 nitrogen and oxygen atoms in total. The largest absolute Gasteiger partial charge is 0.466 e. The molecule has 0 aromatic heterocycles. The maximum absolute atomic E-state index is 11.3. The maximum atomic E-state index is 11.3. The Morgan fingerprint density at radius 1 is 1.12 bits per heavy atom. The minimum atomic E-state index is -3.86. The molecule has 0 heterocycles. The van der Waals surface area contributed by atoms with Crippen LogP contribution in [-0.4, -0.2) is 45.9 Å². The molecule has 0 aromatic carbocycles. The van der Waals surface area contributed by atoms with Crippen molar-refractivity contribution in [2.45, 2.75) is 26.4 Å². The quantitative estimate of drug-likeness (QED) is 0.468. The lowest BCUT2D eigenvalue weighted by Crippen LogP contribution is -2.31. The van der Waals surface area contributed by atoms with E-state index in [1.54, 1.807) is 13.8 Å². The molecule has 8 heteroatoms. The third-order valence-corrected chi connectivity index (χ3v) is 2.08. The number of carbonyl (C=O) groups excluding carboxylic acids is 2. The van der Waals surface area contributed by atoms with E-state index in [0.29, 0.717) is 0 Å². The molecule has 0 aromatic rings. The molecule has 0 amide bonds. The minimum Gasteiger partial charge on any atom is -0.466 e. The van der Waals surface area contributed by atoms with Gasteiger partial charge >= 0.3 is 11.9 Å². The fraction of sp³-hybridized carbons (Fsp3) is 0.778. The van der Waals surface area contributed by atoms with Gasteiger partial charge in [-0.1, -0.05) is 0 Å². The second kappa shape index (κ2) is 7.23. The molecule has 0 bridgehead atoms. The Morgan fingerprint density at radius 2 is 1.65 bits per heavy atom. The molecule has 0 spiro atoms. The van der Waals surface area contributed by atoms with Crippen LogP contribution in [0.5, 0.6) is 0 Å². The topological polar surface area (TPSA) is 96.0 Å². The van der Waals surface area contributed by atoms with E-state index in [1.165, 1.54) is 0 Å². The van der Waals surface area contributed by atoms with Gasteiger partial charge in [-0.3, -0.25) is 8.98 Å². The average Bonchev–Trinajstić information content (AvgIpc) is 2.15. The number of rotatable bonds is 7. The van der Waals surface area contributed by atoms with Crippen molar-refractivity contribution >= 4 is 22.1 Å².